The van der Waals surface area contributed by atoms with Crippen LogP contribution in [-0.4, -0.2) is 11.7 Å². The molecule has 72 valence electrons. The molecule has 1 atom stereocenters. The first-order chi connectivity index (χ1) is 6.15. The smallest absolute Gasteiger partial charge is 0.0449 e. The summed E-state index contributed by atoms with van der Waals surface area (Å²) in [4.78, 5) is 0. The van der Waals surface area contributed by atoms with Gasteiger partial charge >= 0.3 is 0 Å². The molecule has 0 bridgehead atoms. The lowest BCUT2D eigenvalue weighted by molar-refractivity contribution is 0.276. The maximum atomic E-state index is 8.74. The molecule has 0 aliphatic rings. The minimum atomic E-state index is -0.0920. The molecule has 1 aromatic carbocycles. The second-order valence-corrected chi connectivity index (χ2v) is 3.23. The average molecular weight is 180 g/mol. The highest BCUT2D eigenvalue weighted by molar-refractivity contribution is 5.45. The number of aliphatic hydroxyl groups excluding tert-OH is 1. The van der Waals surface area contributed by atoms with Gasteiger partial charge in [0.2, 0.25) is 0 Å². The van der Waals surface area contributed by atoms with E-state index in [-0.39, 0.29) is 12.6 Å². The quantitative estimate of drug-likeness (QED) is 0.607. The molecule has 0 aliphatic carbocycles. The Balaban J connectivity index is 2.88. The van der Waals surface area contributed by atoms with Gasteiger partial charge in [0, 0.05) is 18.3 Å². The van der Waals surface area contributed by atoms with Crippen molar-refractivity contribution in [3.05, 3.63) is 29.3 Å². The molecule has 0 amide bonds. The number of hydrogen-bond acceptors (Lipinski definition) is 3. The van der Waals surface area contributed by atoms with Gasteiger partial charge in [-0.3, -0.25) is 0 Å². The largest absolute Gasteiger partial charge is 0.399 e. The summed E-state index contributed by atoms with van der Waals surface area (Å²) in [6.45, 7) is 2.09. The molecule has 5 N–H and O–H groups in total. The molecule has 0 heterocycles. The van der Waals surface area contributed by atoms with Crippen molar-refractivity contribution in [1.29, 1.82) is 0 Å². The van der Waals surface area contributed by atoms with Gasteiger partial charge in [-0.1, -0.05) is 6.07 Å². The molecule has 0 unspecified atom stereocenters. The van der Waals surface area contributed by atoms with E-state index in [9.17, 15) is 0 Å². The lowest BCUT2D eigenvalue weighted by atomic mass is 9.99. The Kier molecular flexibility index (Phi) is 3.28. The highest BCUT2D eigenvalue weighted by Crippen LogP contribution is 2.20. The number of nitrogen functional groups attached to an aromatic ring is 1. The number of nitrogens with two attached hydrogens (primary N) is 2. The number of aryl methyl sites for hydroxylation is 1. The minimum Gasteiger partial charge on any atom is -0.399 e. The number of rotatable bonds is 3. The van der Waals surface area contributed by atoms with E-state index in [1.165, 1.54) is 0 Å². The van der Waals surface area contributed by atoms with Crippen LogP contribution >= 0.6 is 0 Å². The van der Waals surface area contributed by atoms with Gasteiger partial charge in [0.1, 0.15) is 0 Å². The standard InChI is InChI=1S/C10H16N2O/c1-7-6-8(11)2-3-9(7)10(12)4-5-13/h2-3,6,10,13H,4-5,11-12H2,1H3/t10-/m0/s1. The summed E-state index contributed by atoms with van der Waals surface area (Å²) in [5.74, 6) is 0. The first kappa shape index (κ1) is 10.0. The molecule has 1 aromatic rings. The van der Waals surface area contributed by atoms with E-state index in [2.05, 4.69) is 0 Å². The molecule has 13 heavy (non-hydrogen) atoms. The van der Waals surface area contributed by atoms with Crippen LogP contribution in [0.5, 0.6) is 0 Å². The van der Waals surface area contributed by atoms with E-state index in [0.29, 0.717) is 6.42 Å². The third-order valence-corrected chi connectivity index (χ3v) is 2.13. The zero-order chi connectivity index (χ0) is 9.84. The van der Waals surface area contributed by atoms with E-state index in [0.717, 1.165) is 16.8 Å². The van der Waals surface area contributed by atoms with Crippen molar-refractivity contribution >= 4 is 5.69 Å². The SMILES string of the molecule is Cc1cc(N)ccc1[C@@H](N)CCO. The molecule has 3 nitrogen and oxygen atoms in total. The van der Waals surface area contributed by atoms with Gasteiger partial charge < -0.3 is 16.6 Å². The van der Waals surface area contributed by atoms with Crippen LogP contribution in [0.3, 0.4) is 0 Å². The van der Waals surface area contributed by atoms with Crippen LogP contribution in [0.4, 0.5) is 5.69 Å². The van der Waals surface area contributed by atoms with Crippen LogP contribution in [0.25, 0.3) is 0 Å². The fourth-order valence-electron chi connectivity index (χ4n) is 1.41. The molecule has 0 radical (unpaired) electrons. The van der Waals surface area contributed by atoms with Gasteiger partial charge in [-0.2, -0.15) is 0 Å². The van der Waals surface area contributed by atoms with Crippen molar-refractivity contribution in [3.63, 3.8) is 0 Å². The third kappa shape index (κ3) is 2.44. The van der Waals surface area contributed by atoms with Crippen molar-refractivity contribution in [2.45, 2.75) is 19.4 Å². The highest BCUT2D eigenvalue weighted by Gasteiger charge is 2.07. The fourth-order valence-corrected chi connectivity index (χ4v) is 1.41. The van der Waals surface area contributed by atoms with Crippen LogP contribution in [-0.2, 0) is 0 Å². The van der Waals surface area contributed by atoms with E-state index in [1.54, 1.807) is 0 Å². The van der Waals surface area contributed by atoms with Crippen molar-refractivity contribution in [2.24, 2.45) is 5.73 Å². The Labute approximate surface area is 78.4 Å². The molecule has 3 heteroatoms. The molecule has 1 rings (SSSR count). The van der Waals surface area contributed by atoms with Gasteiger partial charge in [0.15, 0.2) is 0 Å². The predicted octanol–water partition coefficient (Wildman–Crippen LogP) is 0.959. The summed E-state index contributed by atoms with van der Waals surface area (Å²) in [5.41, 5.74) is 14.4. The van der Waals surface area contributed by atoms with Crippen molar-refractivity contribution in [2.75, 3.05) is 12.3 Å². The van der Waals surface area contributed by atoms with Crippen LogP contribution < -0.4 is 11.5 Å². The van der Waals surface area contributed by atoms with Gasteiger partial charge in [0.05, 0.1) is 0 Å². The monoisotopic (exact) mass is 180 g/mol. The molecule has 0 spiro atoms. The van der Waals surface area contributed by atoms with Crippen LogP contribution in [0.2, 0.25) is 0 Å². The summed E-state index contributed by atoms with van der Waals surface area (Å²) >= 11 is 0. The van der Waals surface area contributed by atoms with Crippen LogP contribution in [0, 0.1) is 6.92 Å². The summed E-state index contributed by atoms with van der Waals surface area (Å²) in [5, 5.41) is 8.74. The number of benzene rings is 1. The van der Waals surface area contributed by atoms with Gasteiger partial charge in [0.25, 0.3) is 0 Å². The lowest BCUT2D eigenvalue weighted by Gasteiger charge is -2.13. The lowest BCUT2D eigenvalue weighted by Crippen LogP contribution is -2.13. The molecular formula is C10H16N2O. The Morgan fingerprint density at radius 1 is 1.46 bits per heavy atom. The topological polar surface area (TPSA) is 72.3 Å². The highest BCUT2D eigenvalue weighted by atomic mass is 16.3. The summed E-state index contributed by atoms with van der Waals surface area (Å²) in [6, 6.07) is 5.56. The molecule has 0 saturated heterocycles. The summed E-state index contributed by atoms with van der Waals surface area (Å²) < 4.78 is 0. The van der Waals surface area contributed by atoms with E-state index < -0.39 is 0 Å². The van der Waals surface area contributed by atoms with Gasteiger partial charge in [-0.05, 0) is 36.6 Å². The maximum absolute atomic E-state index is 8.74. The number of anilines is 1. The first-order valence-electron chi connectivity index (χ1n) is 4.37. The Morgan fingerprint density at radius 2 is 2.15 bits per heavy atom. The Hall–Kier alpha value is -1.06. The normalized spacial score (nSPS) is 12.8. The van der Waals surface area contributed by atoms with Crippen LogP contribution in [0.15, 0.2) is 18.2 Å². The number of hydrogen-bond donors (Lipinski definition) is 3. The molecular weight excluding hydrogens is 164 g/mol. The molecule has 0 saturated carbocycles. The molecule has 0 fully saturated rings. The summed E-state index contributed by atoms with van der Waals surface area (Å²) in [7, 11) is 0. The second-order valence-electron chi connectivity index (χ2n) is 3.23. The predicted molar refractivity (Wildman–Crippen MR) is 54.2 cm³/mol. The van der Waals surface area contributed by atoms with Gasteiger partial charge in [-0.25, -0.2) is 0 Å². The van der Waals surface area contributed by atoms with Crippen molar-refractivity contribution in [1.82, 2.24) is 0 Å². The average Bonchev–Trinajstić information content (AvgIpc) is 2.04. The van der Waals surface area contributed by atoms with E-state index in [1.807, 2.05) is 25.1 Å². The molecule has 0 aliphatic heterocycles. The summed E-state index contributed by atoms with van der Waals surface area (Å²) in [6.07, 6.45) is 0.588. The number of aliphatic hydroxyl groups is 1. The van der Waals surface area contributed by atoms with Crippen LogP contribution in [0.1, 0.15) is 23.6 Å². The molecule has 0 aromatic heterocycles. The maximum Gasteiger partial charge on any atom is 0.0449 e. The van der Waals surface area contributed by atoms with Crippen molar-refractivity contribution in [3.8, 4) is 0 Å². The van der Waals surface area contributed by atoms with Crippen molar-refractivity contribution < 1.29 is 5.11 Å². The van der Waals surface area contributed by atoms with E-state index >= 15 is 0 Å². The zero-order valence-corrected chi connectivity index (χ0v) is 7.83. The van der Waals surface area contributed by atoms with Gasteiger partial charge in [-0.15, -0.1) is 0 Å². The third-order valence-electron chi connectivity index (χ3n) is 2.13. The zero-order valence-electron chi connectivity index (χ0n) is 7.83. The fraction of sp³-hybridized carbons (Fsp3) is 0.400. The second kappa shape index (κ2) is 4.25. The first-order valence-corrected chi connectivity index (χ1v) is 4.37. The Morgan fingerprint density at radius 3 is 2.69 bits per heavy atom. The Bertz CT molecular complexity index is 286. The van der Waals surface area contributed by atoms with E-state index in [4.69, 9.17) is 16.6 Å². The minimum absolute atomic E-state index is 0.0920.